The molecule has 0 saturated heterocycles. The Bertz CT molecular complexity index is 992. The fourth-order valence-corrected chi connectivity index (χ4v) is 4.47. The molecule has 0 atom stereocenters. The topological polar surface area (TPSA) is 72.5 Å². The number of hydrogen-bond donors (Lipinski definition) is 1. The Hall–Kier alpha value is -2.22. The summed E-state index contributed by atoms with van der Waals surface area (Å²) in [6.07, 6.45) is 0. The Morgan fingerprint density at radius 2 is 1.88 bits per heavy atom. The smallest absolute Gasteiger partial charge is 0.325 e. The summed E-state index contributed by atoms with van der Waals surface area (Å²) in [7, 11) is 0. The van der Waals surface area contributed by atoms with Gasteiger partial charge >= 0.3 is 5.97 Å². The van der Waals surface area contributed by atoms with E-state index in [1.807, 2.05) is 37.3 Å². The van der Waals surface area contributed by atoms with Crippen LogP contribution in [0.15, 0.2) is 36.4 Å². The van der Waals surface area contributed by atoms with Crippen LogP contribution in [0.2, 0.25) is 5.02 Å². The monoisotopic (exact) mass is 407 g/mol. The van der Waals surface area contributed by atoms with Gasteiger partial charge in [-0.15, -0.1) is 22.7 Å². The van der Waals surface area contributed by atoms with Crippen LogP contribution in [0.3, 0.4) is 0 Å². The number of Topliss-reactive ketones (excluding diaryl/α,β-unsaturated/α-hetero) is 1. The number of nitrogens with one attached hydrogen (secondary N) is 1. The molecule has 8 heteroatoms. The minimum Gasteiger partial charge on any atom is -0.456 e. The predicted octanol–water partition coefficient (Wildman–Crippen LogP) is 4.08. The van der Waals surface area contributed by atoms with E-state index in [9.17, 15) is 14.4 Å². The van der Waals surface area contributed by atoms with Crippen LogP contribution in [0.5, 0.6) is 0 Å². The number of thiophene rings is 2. The van der Waals surface area contributed by atoms with Gasteiger partial charge in [-0.25, -0.2) is 0 Å². The molecule has 1 N–H and O–H groups in total. The second kappa shape index (κ2) is 7.99. The third-order valence-corrected chi connectivity index (χ3v) is 6.23. The van der Waals surface area contributed by atoms with Gasteiger partial charge in [-0.1, -0.05) is 29.8 Å². The molecule has 3 rings (SSSR count). The number of esters is 1. The van der Waals surface area contributed by atoms with Crippen LogP contribution in [0.4, 0.5) is 0 Å². The average molecular weight is 408 g/mol. The highest BCUT2D eigenvalue weighted by Gasteiger charge is 2.18. The van der Waals surface area contributed by atoms with E-state index >= 15 is 0 Å². The van der Waals surface area contributed by atoms with Crippen LogP contribution in [-0.4, -0.2) is 30.8 Å². The molecule has 0 aliphatic carbocycles. The number of fused-ring (bicyclic) bond motifs is 1. The third-order valence-electron chi connectivity index (χ3n) is 3.51. The van der Waals surface area contributed by atoms with Crippen LogP contribution >= 0.6 is 34.3 Å². The zero-order valence-corrected chi connectivity index (χ0v) is 16.1. The van der Waals surface area contributed by atoms with Crippen molar-refractivity contribution in [3.05, 3.63) is 56.1 Å². The van der Waals surface area contributed by atoms with E-state index in [0.717, 1.165) is 15.0 Å². The van der Waals surface area contributed by atoms with Gasteiger partial charge in [-0.2, -0.15) is 0 Å². The highest BCUT2D eigenvalue weighted by atomic mass is 35.5. The lowest BCUT2D eigenvalue weighted by molar-refractivity contribution is -0.141. The summed E-state index contributed by atoms with van der Waals surface area (Å²) < 4.78 is 5.81. The second-order valence-corrected chi connectivity index (χ2v) is 8.14. The summed E-state index contributed by atoms with van der Waals surface area (Å²) in [6.45, 7) is 1.21. The van der Waals surface area contributed by atoms with E-state index in [-0.39, 0.29) is 18.9 Å². The van der Waals surface area contributed by atoms with Gasteiger partial charge < -0.3 is 10.1 Å². The van der Waals surface area contributed by atoms with Crippen molar-refractivity contribution in [2.45, 2.75) is 6.92 Å². The normalized spacial score (nSPS) is 10.7. The van der Waals surface area contributed by atoms with Crippen molar-refractivity contribution in [3.8, 4) is 0 Å². The van der Waals surface area contributed by atoms with Crippen LogP contribution in [0.1, 0.15) is 24.2 Å². The van der Waals surface area contributed by atoms with Gasteiger partial charge in [0.05, 0.1) is 9.90 Å². The molecule has 0 spiro atoms. The highest BCUT2D eigenvalue weighted by molar-refractivity contribution is 7.21. The maximum absolute atomic E-state index is 12.2. The molecular formula is C18H14ClNO4S2. The fourth-order valence-electron chi connectivity index (χ4n) is 2.25. The maximum Gasteiger partial charge on any atom is 0.325 e. The van der Waals surface area contributed by atoms with Gasteiger partial charge in [0.1, 0.15) is 11.4 Å². The van der Waals surface area contributed by atoms with Crippen molar-refractivity contribution in [2.24, 2.45) is 0 Å². The molecule has 0 aliphatic rings. The van der Waals surface area contributed by atoms with Gasteiger partial charge in [-0.3, -0.25) is 14.4 Å². The first-order valence-electron chi connectivity index (χ1n) is 7.66. The molecule has 26 heavy (non-hydrogen) atoms. The Morgan fingerprint density at radius 3 is 2.58 bits per heavy atom. The number of amides is 1. The molecule has 0 radical (unpaired) electrons. The lowest BCUT2D eigenvalue weighted by Gasteiger charge is -2.05. The molecule has 0 unspecified atom stereocenters. The van der Waals surface area contributed by atoms with Crippen molar-refractivity contribution in [3.63, 3.8) is 0 Å². The quantitative estimate of drug-likeness (QED) is 0.493. The largest absolute Gasteiger partial charge is 0.456 e. The summed E-state index contributed by atoms with van der Waals surface area (Å²) in [4.78, 5) is 37.8. The lowest BCUT2D eigenvalue weighted by Crippen LogP contribution is -2.31. The zero-order valence-electron chi connectivity index (χ0n) is 13.7. The molecule has 0 saturated carbocycles. The van der Waals surface area contributed by atoms with Crippen molar-refractivity contribution in [2.75, 3.05) is 13.2 Å². The first-order chi connectivity index (χ1) is 12.5. The van der Waals surface area contributed by atoms with Crippen LogP contribution < -0.4 is 5.32 Å². The molecule has 2 heterocycles. The Kier molecular flexibility index (Phi) is 5.70. The number of aryl methyl sites for hydroxylation is 1. The Balaban J connectivity index is 1.53. The van der Waals surface area contributed by atoms with E-state index < -0.39 is 11.9 Å². The van der Waals surface area contributed by atoms with Crippen LogP contribution in [0, 0.1) is 6.92 Å². The maximum atomic E-state index is 12.2. The van der Waals surface area contributed by atoms with E-state index in [4.69, 9.17) is 16.3 Å². The zero-order chi connectivity index (χ0) is 18.7. The van der Waals surface area contributed by atoms with E-state index in [1.165, 1.54) is 22.7 Å². The van der Waals surface area contributed by atoms with Crippen molar-refractivity contribution >= 4 is 62.0 Å². The molecule has 5 nitrogen and oxygen atoms in total. The SMILES string of the molecule is Cc1ccc(C(=O)COC(=O)CNC(=O)c2sc3ccccc3c2Cl)s1. The molecule has 134 valence electrons. The molecule has 1 aromatic carbocycles. The van der Waals surface area contributed by atoms with E-state index in [0.29, 0.717) is 14.8 Å². The van der Waals surface area contributed by atoms with Gasteiger partial charge in [0, 0.05) is 15.0 Å². The van der Waals surface area contributed by atoms with E-state index in [2.05, 4.69) is 5.32 Å². The number of benzene rings is 1. The fraction of sp³-hybridized carbons (Fsp3) is 0.167. The average Bonchev–Trinajstić information content (AvgIpc) is 3.22. The third kappa shape index (κ3) is 4.12. The Morgan fingerprint density at radius 1 is 1.12 bits per heavy atom. The number of ether oxygens (including phenoxy) is 1. The first-order valence-corrected chi connectivity index (χ1v) is 9.67. The van der Waals surface area contributed by atoms with Gasteiger partial charge in [0.25, 0.3) is 5.91 Å². The van der Waals surface area contributed by atoms with Gasteiger partial charge in [0.15, 0.2) is 6.61 Å². The Labute approximate surface area is 162 Å². The van der Waals surface area contributed by atoms with Crippen molar-refractivity contribution in [1.82, 2.24) is 5.32 Å². The minimum atomic E-state index is -0.683. The predicted molar refractivity (Wildman–Crippen MR) is 104 cm³/mol. The molecule has 0 fully saturated rings. The van der Waals surface area contributed by atoms with Gasteiger partial charge in [0.2, 0.25) is 5.78 Å². The number of carbonyl (C=O) groups is 3. The standard InChI is InChI=1S/C18H14ClNO4S2/c1-10-6-7-14(25-10)12(21)9-24-15(22)8-20-18(23)17-16(19)11-4-2-3-5-13(11)26-17/h2-7H,8-9H2,1H3,(H,20,23). The van der Waals surface area contributed by atoms with Crippen molar-refractivity contribution in [1.29, 1.82) is 0 Å². The van der Waals surface area contributed by atoms with E-state index in [1.54, 1.807) is 6.07 Å². The summed E-state index contributed by atoms with van der Waals surface area (Å²) in [5.41, 5.74) is 0. The van der Waals surface area contributed by atoms with Crippen molar-refractivity contribution < 1.29 is 19.1 Å². The molecule has 3 aromatic rings. The molecule has 0 bridgehead atoms. The summed E-state index contributed by atoms with van der Waals surface area (Å²) in [6, 6.07) is 10.9. The van der Waals surface area contributed by atoms with Gasteiger partial charge in [-0.05, 0) is 25.1 Å². The summed E-state index contributed by atoms with van der Waals surface area (Å²) >= 11 is 8.83. The molecule has 0 aliphatic heterocycles. The van der Waals surface area contributed by atoms with Crippen LogP contribution in [-0.2, 0) is 9.53 Å². The summed E-state index contributed by atoms with van der Waals surface area (Å²) in [5.74, 6) is -1.40. The number of rotatable bonds is 6. The molecule has 1 amide bonds. The lowest BCUT2D eigenvalue weighted by atomic mass is 10.2. The number of hydrogen-bond acceptors (Lipinski definition) is 6. The number of halogens is 1. The first kappa shape index (κ1) is 18.6. The minimum absolute atomic E-state index is 0.268. The number of carbonyl (C=O) groups excluding carboxylic acids is 3. The highest BCUT2D eigenvalue weighted by Crippen LogP contribution is 2.34. The molecule has 2 aromatic heterocycles. The second-order valence-electron chi connectivity index (χ2n) is 5.42. The molecular weight excluding hydrogens is 394 g/mol. The van der Waals surface area contributed by atoms with Crippen LogP contribution in [0.25, 0.3) is 10.1 Å². The summed E-state index contributed by atoms with van der Waals surface area (Å²) in [5, 5.41) is 3.63. The number of ketones is 1.